The normalized spacial score (nSPS) is 16.6. The van der Waals surface area contributed by atoms with Crippen molar-refractivity contribution in [3.8, 4) is 0 Å². The van der Waals surface area contributed by atoms with Gasteiger partial charge in [0.15, 0.2) is 5.65 Å². The van der Waals surface area contributed by atoms with Gasteiger partial charge in [-0.05, 0) is 42.5 Å². The summed E-state index contributed by atoms with van der Waals surface area (Å²) < 4.78 is 15.7. The Bertz CT molecular complexity index is 1240. The maximum atomic E-state index is 13.8. The molecule has 1 saturated heterocycles. The van der Waals surface area contributed by atoms with E-state index in [-0.39, 0.29) is 35.7 Å². The molecule has 0 atom stereocenters. The number of urea groups is 1. The number of imide groups is 1. The van der Waals surface area contributed by atoms with E-state index >= 15 is 0 Å². The van der Waals surface area contributed by atoms with E-state index in [0.717, 1.165) is 29.4 Å². The van der Waals surface area contributed by atoms with Gasteiger partial charge in [0, 0.05) is 25.1 Å². The van der Waals surface area contributed by atoms with Crippen molar-refractivity contribution in [2.24, 2.45) is 0 Å². The van der Waals surface area contributed by atoms with E-state index in [1.165, 1.54) is 11.9 Å². The number of carbonyl (C=O) groups excluding carboxylic acids is 2. The Labute approximate surface area is 182 Å². The number of amides is 3. The van der Waals surface area contributed by atoms with Crippen molar-refractivity contribution >= 4 is 46.2 Å². The van der Waals surface area contributed by atoms with Crippen LogP contribution in [0.4, 0.5) is 26.2 Å². The highest BCUT2D eigenvalue weighted by Gasteiger charge is 2.36. The number of nitrogen functional groups attached to an aromatic ring is 1. The molecule has 1 saturated carbocycles. The average Bonchev–Trinajstić information content (AvgIpc) is 3.45. The van der Waals surface area contributed by atoms with E-state index < -0.39 is 5.82 Å². The van der Waals surface area contributed by atoms with Gasteiger partial charge in [-0.2, -0.15) is 0 Å². The molecule has 5 rings (SSSR count). The summed E-state index contributed by atoms with van der Waals surface area (Å²) in [5, 5.41) is 3.02. The molecule has 3 amide bonds. The summed E-state index contributed by atoms with van der Waals surface area (Å²) in [6, 6.07) is 4.30. The van der Waals surface area contributed by atoms with Gasteiger partial charge in [0.05, 0.1) is 28.6 Å². The van der Waals surface area contributed by atoms with E-state index in [0.29, 0.717) is 28.6 Å². The summed E-state index contributed by atoms with van der Waals surface area (Å²) >= 11 is 6.03. The van der Waals surface area contributed by atoms with Crippen LogP contribution in [0, 0.1) is 5.82 Å². The number of aromatic nitrogens is 2. The fourth-order valence-corrected chi connectivity index (χ4v) is 3.96. The molecule has 2 aliphatic rings. The Balaban J connectivity index is 1.50. The minimum Gasteiger partial charge on any atom is -0.399 e. The molecule has 160 valence electrons. The molecule has 31 heavy (non-hydrogen) atoms. The lowest BCUT2D eigenvalue weighted by molar-refractivity contribution is -0.123. The molecule has 1 aromatic carbocycles. The number of carbonyl (C=O) groups is 2. The number of hydrogen-bond acceptors (Lipinski definition) is 5. The second kappa shape index (κ2) is 7.12. The number of rotatable bonds is 5. The van der Waals surface area contributed by atoms with Crippen molar-refractivity contribution in [1.29, 1.82) is 0 Å². The van der Waals surface area contributed by atoms with Gasteiger partial charge in [0.1, 0.15) is 12.4 Å². The second-order valence-electron chi connectivity index (χ2n) is 7.94. The van der Waals surface area contributed by atoms with Crippen LogP contribution in [-0.2, 0) is 11.3 Å². The fourth-order valence-electron chi connectivity index (χ4n) is 3.79. The van der Waals surface area contributed by atoms with Gasteiger partial charge in [-0.3, -0.25) is 14.6 Å². The Morgan fingerprint density at radius 3 is 2.71 bits per heavy atom. The fraction of sp³-hybridized carbons (Fsp3) is 0.286. The van der Waals surface area contributed by atoms with Crippen molar-refractivity contribution in [3.05, 3.63) is 52.7 Å². The number of pyridine rings is 1. The number of benzene rings is 1. The minimum absolute atomic E-state index is 0.0161. The van der Waals surface area contributed by atoms with Crippen molar-refractivity contribution in [1.82, 2.24) is 14.3 Å². The first-order chi connectivity index (χ1) is 14.8. The molecule has 0 bridgehead atoms. The molecular weight excluding hydrogens is 423 g/mol. The molecule has 1 aliphatic carbocycles. The summed E-state index contributed by atoms with van der Waals surface area (Å²) in [7, 11) is 1.47. The quantitative estimate of drug-likeness (QED) is 0.465. The molecule has 3 aromatic rings. The Hall–Kier alpha value is -3.33. The third kappa shape index (κ3) is 3.44. The van der Waals surface area contributed by atoms with E-state index in [4.69, 9.17) is 17.3 Å². The van der Waals surface area contributed by atoms with Crippen LogP contribution in [0.25, 0.3) is 5.65 Å². The maximum absolute atomic E-state index is 13.8. The first-order valence-corrected chi connectivity index (χ1v) is 10.3. The number of imidazole rings is 1. The van der Waals surface area contributed by atoms with Crippen molar-refractivity contribution in [2.45, 2.75) is 25.3 Å². The van der Waals surface area contributed by atoms with Gasteiger partial charge in [-0.15, -0.1) is 0 Å². The van der Waals surface area contributed by atoms with Gasteiger partial charge in [0.2, 0.25) is 5.91 Å². The van der Waals surface area contributed by atoms with Crippen molar-refractivity contribution < 1.29 is 14.0 Å². The highest BCUT2D eigenvalue weighted by molar-refractivity contribution is 6.33. The third-order valence-corrected chi connectivity index (χ3v) is 6.02. The van der Waals surface area contributed by atoms with Crippen LogP contribution in [0.3, 0.4) is 0 Å². The standard InChI is InChI=1S/C21H20ClFN6O2/c1-27-18(30)10-29(21(27)31)17-4-12(11-2-3-11)8-28-9-14(26-20(17)28)7-25-16-6-13(24)5-15(23)19(16)22/h4-6,8-9,11,25H,2-3,7,10,24H2,1H3. The van der Waals surface area contributed by atoms with Crippen LogP contribution in [0.15, 0.2) is 30.6 Å². The summed E-state index contributed by atoms with van der Waals surface area (Å²) in [6.07, 6.45) is 6.05. The van der Waals surface area contributed by atoms with Gasteiger partial charge < -0.3 is 15.5 Å². The number of fused-ring (bicyclic) bond motifs is 1. The molecule has 2 fully saturated rings. The molecule has 10 heteroatoms. The number of likely N-dealkylation sites (N-methyl/N-ethyl adjacent to an activating group) is 1. The molecule has 0 radical (unpaired) electrons. The van der Waals surface area contributed by atoms with Crippen LogP contribution in [0.2, 0.25) is 5.02 Å². The molecule has 8 nitrogen and oxygen atoms in total. The molecule has 0 unspecified atom stereocenters. The van der Waals surface area contributed by atoms with Crippen LogP contribution >= 0.6 is 11.6 Å². The smallest absolute Gasteiger partial charge is 0.331 e. The average molecular weight is 443 g/mol. The number of halogens is 2. The maximum Gasteiger partial charge on any atom is 0.331 e. The van der Waals surface area contributed by atoms with E-state index in [9.17, 15) is 14.0 Å². The molecule has 3 heterocycles. The van der Waals surface area contributed by atoms with E-state index in [1.807, 2.05) is 22.9 Å². The van der Waals surface area contributed by atoms with Crippen LogP contribution in [0.1, 0.15) is 30.0 Å². The number of nitrogens with zero attached hydrogens (tertiary/aromatic N) is 4. The van der Waals surface area contributed by atoms with Gasteiger partial charge in [0.25, 0.3) is 0 Å². The van der Waals surface area contributed by atoms with Crippen molar-refractivity contribution in [3.63, 3.8) is 0 Å². The lowest BCUT2D eigenvalue weighted by Crippen LogP contribution is -2.30. The van der Waals surface area contributed by atoms with Crippen molar-refractivity contribution in [2.75, 3.05) is 29.5 Å². The highest BCUT2D eigenvalue weighted by Crippen LogP contribution is 2.42. The Morgan fingerprint density at radius 1 is 1.26 bits per heavy atom. The summed E-state index contributed by atoms with van der Waals surface area (Å²) in [6.45, 7) is 0.257. The zero-order chi connectivity index (χ0) is 21.9. The second-order valence-corrected chi connectivity index (χ2v) is 8.31. The molecule has 0 spiro atoms. The predicted octanol–water partition coefficient (Wildman–Crippen LogP) is 3.60. The van der Waals surface area contributed by atoms with Gasteiger partial charge in [-0.25, -0.2) is 14.2 Å². The zero-order valence-corrected chi connectivity index (χ0v) is 17.5. The van der Waals surface area contributed by atoms with Gasteiger partial charge >= 0.3 is 6.03 Å². The summed E-state index contributed by atoms with van der Waals surface area (Å²) in [5.74, 6) is -0.407. The first-order valence-electron chi connectivity index (χ1n) is 9.90. The largest absolute Gasteiger partial charge is 0.399 e. The summed E-state index contributed by atoms with van der Waals surface area (Å²) in [4.78, 5) is 31.9. The topological polar surface area (TPSA) is 96.0 Å². The predicted molar refractivity (Wildman–Crippen MR) is 116 cm³/mol. The van der Waals surface area contributed by atoms with Crippen LogP contribution in [-0.4, -0.2) is 39.8 Å². The summed E-state index contributed by atoms with van der Waals surface area (Å²) in [5.41, 5.74) is 9.29. The van der Waals surface area contributed by atoms with Gasteiger partial charge in [-0.1, -0.05) is 11.6 Å². The Kier molecular flexibility index (Phi) is 4.51. The highest BCUT2D eigenvalue weighted by atomic mass is 35.5. The molecule has 2 aromatic heterocycles. The third-order valence-electron chi connectivity index (χ3n) is 5.64. The monoisotopic (exact) mass is 442 g/mol. The van der Waals surface area contributed by atoms with Crippen LogP contribution in [0.5, 0.6) is 0 Å². The lowest BCUT2D eigenvalue weighted by atomic mass is 10.1. The SMILES string of the molecule is CN1C(=O)CN(c2cc(C3CC3)cn3cc(CNc4cc(N)cc(F)c4Cl)nc23)C1=O. The number of nitrogens with one attached hydrogen (secondary N) is 1. The van der Waals surface area contributed by atoms with E-state index in [1.54, 1.807) is 6.07 Å². The molecular formula is C21H20ClFN6O2. The molecule has 1 aliphatic heterocycles. The van der Waals surface area contributed by atoms with Crippen LogP contribution < -0.4 is 16.0 Å². The number of hydrogen-bond donors (Lipinski definition) is 2. The number of anilines is 3. The molecule has 3 N–H and O–H groups in total. The zero-order valence-electron chi connectivity index (χ0n) is 16.7. The Morgan fingerprint density at radius 2 is 2.03 bits per heavy atom. The van der Waals surface area contributed by atoms with E-state index in [2.05, 4.69) is 10.3 Å². The first kappa shape index (κ1) is 19.6. The lowest BCUT2D eigenvalue weighted by Gasteiger charge is -2.17. The number of nitrogens with two attached hydrogens (primary N) is 1. The minimum atomic E-state index is -0.600.